The van der Waals surface area contributed by atoms with Crippen LogP contribution in [0.3, 0.4) is 0 Å². The second kappa shape index (κ2) is 7.45. The van der Waals surface area contributed by atoms with Gasteiger partial charge in [-0.15, -0.1) is 0 Å². The molecule has 2 rings (SSSR count). The molecule has 0 spiro atoms. The quantitative estimate of drug-likeness (QED) is 0.608. The van der Waals surface area contributed by atoms with Crippen molar-refractivity contribution >= 4 is 27.4 Å². The van der Waals surface area contributed by atoms with E-state index in [4.69, 9.17) is 5.11 Å². The molecule has 7 nitrogen and oxygen atoms in total. The van der Waals surface area contributed by atoms with Gasteiger partial charge in [-0.25, -0.2) is 17.5 Å². The zero-order chi connectivity index (χ0) is 18.6. The van der Waals surface area contributed by atoms with Crippen molar-refractivity contribution in [3.05, 3.63) is 59.7 Å². The number of nitrogens with zero attached hydrogens (tertiary/aromatic N) is 2. The molecule has 0 radical (unpaired) electrons. The molecule has 0 bridgehead atoms. The number of benzene rings is 2. The molecule has 0 aliphatic carbocycles. The highest BCUT2D eigenvalue weighted by molar-refractivity contribution is 7.89. The lowest BCUT2D eigenvalue weighted by molar-refractivity contribution is 0.0697. The second-order valence-corrected chi connectivity index (χ2v) is 7.66. The van der Waals surface area contributed by atoms with Crippen LogP contribution >= 0.6 is 0 Å². The normalized spacial score (nSPS) is 12.2. The number of carbonyl (C=O) groups is 1. The van der Waals surface area contributed by atoms with Crippen LogP contribution in [0.25, 0.3) is 0 Å². The molecule has 0 aromatic heterocycles. The summed E-state index contributed by atoms with van der Waals surface area (Å²) in [5, 5.41) is 13.1. The molecule has 0 saturated heterocycles. The Bertz CT molecular complexity index is 886. The van der Waals surface area contributed by atoms with Gasteiger partial charge in [-0.05, 0) is 48.9 Å². The van der Waals surface area contributed by atoms with E-state index in [1.165, 1.54) is 38.4 Å². The molecular weight excluding hydrogens is 342 g/mol. The number of nitrogens with one attached hydrogen (secondary N) is 1. The lowest BCUT2D eigenvalue weighted by atomic mass is 10.1. The molecule has 0 aliphatic heterocycles. The Morgan fingerprint density at radius 2 is 1.52 bits per heavy atom. The van der Waals surface area contributed by atoms with E-state index in [-0.39, 0.29) is 10.5 Å². The minimum absolute atomic E-state index is 0.198. The number of hydrogen-bond donors (Lipinski definition) is 2. The monoisotopic (exact) mass is 361 g/mol. The topological polar surface area (TPSA) is 99.1 Å². The smallest absolute Gasteiger partial charge is 0.335 e. The number of carboxylic acids is 1. The van der Waals surface area contributed by atoms with E-state index in [9.17, 15) is 13.2 Å². The van der Waals surface area contributed by atoms with Crippen LogP contribution in [-0.4, -0.2) is 43.6 Å². The van der Waals surface area contributed by atoms with Crippen LogP contribution in [-0.2, 0) is 10.0 Å². The molecule has 8 heteroatoms. The first-order valence-electron chi connectivity index (χ1n) is 7.38. The highest BCUT2D eigenvalue weighted by Crippen LogP contribution is 2.15. The number of rotatable bonds is 6. The summed E-state index contributed by atoms with van der Waals surface area (Å²) in [4.78, 5) is 11.0. The van der Waals surface area contributed by atoms with Gasteiger partial charge in [-0.1, -0.05) is 12.1 Å². The van der Waals surface area contributed by atoms with Crippen molar-refractivity contribution in [2.75, 3.05) is 19.5 Å². The van der Waals surface area contributed by atoms with E-state index in [0.29, 0.717) is 11.4 Å². The molecule has 0 atom stereocenters. The van der Waals surface area contributed by atoms with Crippen molar-refractivity contribution in [3.63, 3.8) is 0 Å². The van der Waals surface area contributed by atoms with Crippen LogP contribution in [0.15, 0.2) is 58.5 Å². The largest absolute Gasteiger partial charge is 0.478 e. The molecule has 0 aliphatic rings. The van der Waals surface area contributed by atoms with Gasteiger partial charge < -0.3 is 5.11 Å². The average Bonchev–Trinajstić information content (AvgIpc) is 2.60. The summed E-state index contributed by atoms with van der Waals surface area (Å²) in [5.41, 5.74) is 5.12. The average molecular weight is 361 g/mol. The molecule has 2 aromatic rings. The lowest BCUT2D eigenvalue weighted by Gasteiger charge is -2.11. The highest BCUT2D eigenvalue weighted by atomic mass is 32.2. The summed E-state index contributed by atoms with van der Waals surface area (Å²) >= 11 is 0. The summed E-state index contributed by atoms with van der Waals surface area (Å²) in [5.74, 6) is -0.987. The van der Waals surface area contributed by atoms with Crippen LogP contribution in [0.5, 0.6) is 0 Å². The Kier molecular flexibility index (Phi) is 5.55. The molecule has 2 N–H and O–H groups in total. The van der Waals surface area contributed by atoms with E-state index in [0.717, 1.165) is 9.87 Å². The molecule has 132 valence electrons. The van der Waals surface area contributed by atoms with E-state index in [1.807, 2.05) is 0 Å². The highest BCUT2D eigenvalue weighted by Gasteiger charge is 2.16. The Labute approximate surface area is 146 Å². The number of sulfonamides is 1. The Morgan fingerprint density at radius 1 is 1.00 bits per heavy atom. The predicted octanol–water partition coefficient (Wildman–Crippen LogP) is 2.47. The van der Waals surface area contributed by atoms with E-state index in [2.05, 4.69) is 10.5 Å². The predicted molar refractivity (Wildman–Crippen MR) is 96.5 cm³/mol. The minimum Gasteiger partial charge on any atom is -0.478 e. The lowest BCUT2D eigenvalue weighted by Crippen LogP contribution is -2.22. The fraction of sp³-hybridized carbons (Fsp3) is 0.176. The fourth-order valence-corrected chi connectivity index (χ4v) is 2.88. The zero-order valence-electron chi connectivity index (χ0n) is 14.1. The maximum absolute atomic E-state index is 12.0. The Hall–Kier alpha value is -2.71. The molecule has 0 amide bonds. The number of anilines is 1. The van der Waals surface area contributed by atoms with Gasteiger partial charge in [0.25, 0.3) is 0 Å². The molecule has 0 unspecified atom stereocenters. The van der Waals surface area contributed by atoms with Crippen molar-refractivity contribution in [1.82, 2.24) is 4.31 Å². The summed E-state index contributed by atoms with van der Waals surface area (Å²) in [7, 11) is -0.493. The minimum atomic E-state index is -3.46. The Balaban J connectivity index is 2.13. The second-order valence-electron chi connectivity index (χ2n) is 5.50. The van der Waals surface area contributed by atoms with Crippen LogP contribution in [0, 0.1) is 0 Å². The Morgan fingerprint density at radius 3 is 2.00 bits per heavy atom. The van der Waals surface area contributed by atoms with Crippen molar-refractivity contribution in [3.8, 4) is 0 Å². The van der Waals surface area contributed by atoms with Crippen LogP contribution in [0.1, 0.15) is 22.8 Å². The molecule has 0 fully saturated rings. The third-order valence-electron chi connectivity index (χ3n) is 3.54. The van der Waals surface area contributed by atoms with Gasteiger partial charge in [0.05, 0.1) is 21.9 Å². The number of aromatic carboxylic acids is 1. The van der Waals surface area contributed by atoms with Gasteiger partial charge in [0.1, 0.15) is 0 Å². The van der Waals surface area contributed by atoms with Crippen molar-refractivity contribution < 1.29 is 18.3 Å². The van der Waals surface area contributed by atoms with Crippen molar-refractivity contribution in [2.45, 2.75) is 11.8 Å². The van der Waals surface area contributed by atoms with Crippen LogP contribution in [0.2, 0.25) is 0 Å². The van der Waals surface area contributed by atoms with Gasteiger partial charge in [0.15, 0.2) is 0 Å². The van der Waals surface area contributed by atoms with Crippen LogP contribution < -0.4 is 5.43 Å². The maximum atomic E-state index is 12.0. The standard InChI is InChI=1S/C17H19N3O4S/c1-12(18-19-15-8-4-14(5-9-15)17(21)22)13-6-10-16(11-7-13)25(23,24)20(2)3/h4-11,19H,1-3H3,(H,21,22)/b18-12+. The summed E-state index contributed by atoms with van der Waals surface area (Å²) in [6.07, 6.45) is 0. The molecule has 25 heavy (non-hydrogen) atoms. The van der Waals surface area contributed by atoms with Crippen LogP contribution in [0.4, 0.5) is 5.69 Å². The number of hydrogen-bond acceptors (Lipinski definition) is 5. The molecule has 0 heterocycles. The first-order chi connectivity index (χ1) is 11.7. The van der Waals surface area contributed by atoms with E-state index >= 15 is 0 Å². The van der Waals surface area contributed by atoms with E-state index in [1.54, 1.807) is 31.2 Å². The maximum Gasteiger partial charge on any atom is 0.335 e. The number of hydrazone groups is 1. The van der Waals surface area contributed by atoms with Gasteiger partial charge in [0.2, 0.25) is 10.0 Å². The SMILES string of the molecule is C/C(=N\Nc1ccc(C(=O)O)cc1)c1ccc(S(=O)(=O)N(C)C)cc1. The third kappa shape index (κ3) is 4.43. The van der Waals surface area contributed by atoms with Crippen molar-refractivity contribution in [1.29, 1.82) is 0 Å². The van der Waals surface area contributed by atoms with Crippen molar-refractivity contribution in [2.24, 2.45) is 5.10 Å². The first-order valence-corrected chi connectivity index (χ1v) is 8.82. The summed E-state index contributed by atoms with van der Waals surface area (Å²) in [6, 6.07) is 12.6. The molecule has 0 saturated carbocycles. The number of carboxylic acid groups (broad SMARTS) is 1. The van der Waals surface area contributed by atoms with Gasteiger partial charge >= 0.3 is 5.97 Å². The van der Waals surface area contributed by atoms with E-state index < -0.39 is 16.0 Å². The summed E-state index contributed by atoms with van der Waals surface area (Å²) in [6.45, 7) is 1.79. The van der Waals surface area contributed by atoms with Gasteiger partial charge in [0, 0.05) is 14.1 Å². The molecular formula is C17H19N3O4S. The molecule has 2 aromatic carbocycles. The van der Waals surface area contributed by atoms with Gasteiger partial charge in [-0.3, -0.25) is 5.43 Å². The fourth-order valence-electron chi connectivity index (χ4n) is 1.98. The zero-order valence-corrected chi connectivity index (χ0v) is 14.9. The third-order valence-corrected chi connectivity index (χ3v) is 5.36. The first kappa shape index (κ1) is 18.6. The summed E-state index contributed by atoms with van der Waals surface area (Å²) < 4.78 is 25.2. The van der Waals surface area contributed by atoms with Gasteiger partial charge in [-0.2, -0.15) is 5.10 Å².